The summed E-state index contributed by atoms with van der Waals surface area (Å²) in [4.78, 5) is 12.0. The summed E-state index contributed by atoms with van der Waals surface area (Å²) in [5.74, 6) is 0.0359. The summed E-state index contributed by atoms with van der Waals surface area (Å²) in [7, 11) is 0. The van der Waals surface area contributed by atoms with Gasteiger partial charge in [-0.1, -0.05) is 6.07 Å². The molecule has 3 heterocycles. The van der Waals surface area contributed by atoms with E-state index in [1.165, 1.54) is 5.01 Å². The first kappa shape index (κ1) is 14.7. The summed E-state index contributed by atoms with van der Waals surface area (Å²) in [6.07, 6.45) is 2.15. The topological polar surface area (TPSA) is 70.2 Å². The zero-order valence-corrected chi connectivity index (χ0v) is 13.0. The van der Waals surface area contributed by atoms with Gasteiger partial charge in [-0.2, -0.15) is 10.2 Å². The van der Waals surface area contributed by atoms with Crippen molar-refractivity contribution in [3.05, 3.63) is 35.7 Å². The lowest BCUT2D eigenvalue weighted by atomic mass is 10.0. The van der Waals surface area contributed by atoms with Crippen molar-refractivity contribution in [2.24, 2.45) is 5.10 Å². The molecule has 1 aliphatic rings. The van der Waals surface area contributed by atoms with Gasteiger partial charge in [0.15, 0.2) is 0 Å². The molecule has 0 saturated carbocycles. The highest BCUT2D eigenvalue weighted by Crippen LogP contribution is 2.26. The summed E-state index contributed by atoms with van der Waals surface area (Å²) < 4.78 is 1.75. The summed E-state index contributed by atoms with van der Waals surface area (Å²) in [6, 6.07) is 5.79. The van der Waals surface area contributed by atoms with Crippen molar-refractivity contribution in [3.63, 3.8) is 0 Å². The average Bonchev–Trinajstić information content (AvgIpc) is 2.87. The van der Waals surface area contributed by atoms with Crippen LogP contribution in [0.4, 0.5) is 0 Å². The Hall–Kier alpha value is -2.21. The van der Waals surface area contributed by atoms with Crippen LogP contribution in [0.5, 0.6) is 0 Å². The van der Waals surface area contributed by atoms with Crippen LogP contribution in [0.25, 0.3) is 5.52 Å². The third-order valence-corrected chi connectivity index (χ3v) is 3.80. The van der Waals surface area contributed by atoms with E-state index in [0.717, 1.165) is 16.8 Å². The molecule has 22 heavy (non-hydrogen) atoms. The second-order valence-corrected chi connectivity index (χ2v) is 5.85. The number of aromatic nitrogens is 2. The monoisotopic (exact) mass is 300 g/mol. The quantitative estimate of drug-likeness (QED) is 0.944. The average molecular weight is 300 g/mol. The minimum Gasteiger partial charge on any atom is -0.387 e. The van der Waals surface area contributed by atoms with Gasteiger partial charge in [0.05, 0.1) is 17.3 Å². The van der Waals surface area contributed by atoms with Gasteiger partial charge in [0.1, 0.15) is 5.69 Å². The van der Waals surface area contributed by atoms with Crippen LogP contribution in [0.3, 0.4) is 0 Å². The lowest BCUT2D eigenvalue weighted by molar-refractivity contribution is -0.133. The second kappa shape index (κ2) is 5.53. The Bertz CT molecular complexity index is 746. The maximum Gasteiger partial charge on any atom is 0.243 e. The molecule has 0 saturated heterocycles. The van der Waals surface area contributed by atoms with Gasteiger partial charge >= 0.3 is 0 Å². The van der Waals surface area contributed by atoms with Crippen LogP contribution in [-0.4, -0.2) is 37.4 Å². The van der Waals surface area contributed by atoms with Crippen LogP contribution < -0.4 is 0 Å². The van der Waals surface area contributed by atoms with Crippen molar-refractivity contribution in [3.8, 4) is 0 Å². The largest absolute Gasteiger partial charge is 0.387 e. The highest BCUT2D eigenvalue weighted by atomic mass is 16.3. The molecule has 3 rings (SSSR count). The van der Waals surface area contributed by atoms with E-state index in [1.807, 2.05) is 38.2 Å². The van der Waals surface area contributed by atoms with Crippen molar-refractivity contribution in [2.75, 3.05) is 0 Å². The molecule has 1 atom stereocenters. The first-order chi connectivity index (χ1) is 10.5. The molecule has 2 aromatic rings. The Morgan fingerprint density at radius 1 is 1.23 bits per heavy atom. The van der Waals surface area contributed by atoms with Gasteiger partial charge in [0.25, 0.3) is 0 Å². The number of hydrogen-bond donors (Lipinski definition) is 1. The highest BCUT2D eigenvalue weighted by molar-refractivity contribution is 6.09. The SMILES string of the molecule is CC(O)c1nn2ccccc2c1C1=NN(C(C)C)C(=O)CC1. The summed E-state index contributed by atoms with van der Waals surface area (Å²) in [6.45, 7) is 5.58. The molecule has 0 radical (unpaired) electrons. The molecule has 6 nitrogen and oxygen atoms in total. The van der Waals surface area contributed by atoms with Crippen LogP contribution in [0.15, 0.2) is 29.5 Å². The number of amides is 1. The predicted molar refractivity (Wildman–Crippen MR) is 83.6 cm³/mol. The summed E-state index contributed by atoms with van der Waals surface area (Å²) in [5.41, 5.74) is 3.15. The third-order valence-electron chi connectivity index (χ3n) is 3.80. The van der Waals surface area contributed by atoms with Gasteiger partial charge in [-0.15, -0.1) is 0 Å². The summed E-state index contributed by atoms with van der Waals surface area (Å²) in [5, 5.41) is 20.6. The molecule has 1 unspecified atom stereocenters. The van der Waals surface area contributed by atoms with Crippen LogP contribution in [0, 0.1) is 0 Å². The van der Waals surface area contributed by atoms with Gasteiger partial charge in [-0.3, -0.25) is 4.79 Å². The van der Waals surface area contributed by atoms with Crippen LogP contribution >= 0.6 is 0 Å². The third kappa shape index (κ3) is 2.39. The molecular weight excluding hydrogens is 280 g/mol. The molecular formula is C16H20N4O2. The number of hydrazone groups is 1. The number of rotatable bonds is 3. The van der Waals surface area contributed by atoms with E-state index in [9.17, 15) is 9.90 Å². The molecule has 0 bridgehead atoms. The minimum atomic E-state index is -0.692. The van der Waals surface area contributed by atoms with Crippen molar-refractivity contribution in [2.45, 2.75) is 45.8 Å². The van der Waals surface area contributed by atoms with Gasteiger partial charge < -0.3 is 5.11 Å². The summed E-state index contributed by atoms with van der Waals surface area (Å²) >= 11 is 0. The number of aliphatic hydroxyl groups excluding tert-OH is 1. The normalized spacial score (nSPS) is 17.2. The molecule has 0 fully saturated rings. The van der Waals surface area contributed by atoms with Gasteiger partial charge in [0.2, 0.25) is 5.91 Å². The minimum absolute atomic E-state index is 0.0136. The van der Waals surface area contributed by atoms with Crippen molar-refractivity contribution in [1.82, 2.24) is 14.6 Å². The molecule has 0 aromatic carbocycles. The number of carbonyl (C=O) groups excluding carboxylic acids is 1. The van der Waals surface area contributed by atoms with Crippen LogP contribution in [-0.2, 0) is 4.79 Å². The Morgan fingerprint density at radius 2 is 2.00 bits per heavy atom. The molecule has 0 aliphatic carbocycles. The van der Waals surface area contributed by atoms with E-state index in [4.69, 9.17) is 0 Å². The lowest BCUT2D eigenvalue weighted by Crippen LogP contribution is -2.37. The van der Waals surface area contributed by atoms with E-state index < -0.39 is 6.10 Å². The Balaban J connectivity index is 2.18. The number of fused-ring (bicyclic) bond motifs is 1. The maximum atomic E-state index is 12.0. The fourth-order valence-corrected chi connectivity index (χ4v) is 2.76. The number of aliphatic hydroxyl groups is 1. The Kier molecular flexibility index (Phi) is 3.70. The van der Waals surface area contributed by atoms with Crippen molar-refractivity contribution < 1.29 is 9.90 Å². The Morgan fingerprint density at radius 3 is 2.68 bits per heavy atom. The fourth-order valence-electron chi connectivity index (χ4n) is 2.76. The molecule has 2 aromatic heterocycles. The zero-order chi connectivity index (χ0) is 15.9. The number of carbonyl (C=O) groups is 1. The van der Waals surface area contributed by atoms with E-state index >= 15 is 0 Å². The van der Waals surface area contributed by atoms with Crippen molar-refractivity contribution in [1.29, 1.82) is 0 Å². The predicted octanol–water partition coefficient (Wildman–Crippen LogP) is 2.12. The molecule has 1 amide bonds. The molecule has 0 spiro atoms. The van der Waals surface area contributed by atoms with Gasteiger partial charge in [-0.25, -0.2) is 9.52 Å². The smallest absolute Gasteiger partial charge is 0.243 e. The van der Waals surface area contributed by atoms with E-state index in [1.54, 1.807) is 11.4 Å². The maximum absolute atomic E-state index is 12.0. The first-order valence-electron chi connectivity index (χ1n) is 7.54. The van der Waals surface area contributed by atoms with E-state index in [0.29, 0.717) is 18.5 Å². The lowest BCUT2D eigenvalue weighted by Gasteiger charge is -2.27. The van der Waals surface area contributed by atoms with Gasteiger partial charge in [-0.05, 0) is 32.9 Å². The van der Waals surface area contributed by atoms with Crippen LogP contribution in [0.2, 0.25) is 0 Å². The molecule has 1 aliphatic heterocycles. The van der Waals surface area contributed by atoms with Gasteiger partial charge in [0, 0.05) is 30.6 Å². The van der Waals surface area contributed by atoms with E-state index in [-0.39, 0.29) is 11.9 Å². The standard InChI is InChI=1S/C16H20N4O2/c1-10(2)20-14(22)8-7-12(17-20)15-13-6-4-5-9-19(13)18-16(15)11(3)21/h4-6,9-11,21H,7-8H2,1-3H3. The first-order valence-corrected chi connectivity index (χ1v) is 7.54. The second-order valence-electron chi connectivity index (χ2n) is 5.85. The number of pyridine rings is 1. The van der Waals surface area contributed by atoms with Crippen LogP contribution in [0.1, 0.15) is 51.0 Å². The highest BCUT2D eigenvalue weighted by Gasteiger charge is 2.28. The van der Waals surface area contributed by atoms with E-state index in [2.05, 4.69) is 10.2 Å². The molecule has 6 heteroatoms. The Labute approximate surface area is 129 Å². The number of hydrogen-bond acceptors (Lipinski definition) is 4. The number of nitrogens with zero attached hydrogens (tertiary/aromatic N) is 4. The fraction of sp³-hybridized carbons (Fsp3) is 0.438. The molecule has 1 N–H and O–H groups in total. The zero-order valence-electron chi connectivity index (χ0n) is 13.0. The van der Waals surface area contributed by atoms with Crippen molar-refractivity contribution >= 4 is 17.1 Å². The molecule has 116 valence electrons.